The molecule has 0 bridgehead atoms. The van der Waals surface area contributed by atoms with Crippen LogP contribution in [0.1, 0.15) is 43.0 Å². The number of methoxy groups -OCH3 is 1. The Kier molecular flexibility index (Phi) is 6.06. The molecule has 8 heteroatoms. The van der Waals surface area contributed by atoms with Gasteiger partial charge in [0.1, 0.15) is 5.75 Å². The maximum absolute atomic E-state index is 12.7. The van der Waals surface area contributed by atoms with E-state index in [0.717, 1.165) is 25.7 Å². The van der Waals surface area contributed by atoms with Gasteiger partial charge in [-0.3, -0.25) is 14.4 Å². The summed E-state index contributed by atoms with van der Waals surface area (Å²) in [5, 5.41) is 5.48. The predicted molar refractivity (Wildman–Crippen MR) is 105 cm³/mol. The van der Waals surface area contributed by atoms with E-state index in [2.05, 4.69) is 10.6 Å². The van der Waals surface area contributed by atoms with E-state index in [1.54, 1.807) is 30.0 Å². The Morgan fingerprint density at radius 2 is 2.04 bits per heavy atom. The number of fused-ring (bicyclic) bond motifs is 1. The molecule has 1 saturated carbocycles. The topological polar surface area (TPSA) is 114 Å². The molecule has 1 aliphatic carbocycles. The number of nitrogens with one attached hydrogen (secondary N) is 2. The lowest BCUT2D eigenvalue weighted by atomic mass is 10.0. The van der Waals surface area contributed by atoms with Crippen molar-refractivity contribution in [2.75, 3.05) is 25.9 Å². The van der Waals surface area contributed by atoms with Crippen LogP contribution in [0.25, 0.3) is 0 Å². The lowest BCUT2D eigenvalue weighted by Crippen LogP contribution is -2.51. The number of benzene rings is 1. The Morgan fingerprint density at radius 1 is 1.25 bits per heavy atom. The molecule has 1 aromatic carbocycles. The van der Waals surface area contributed by atoms with Crippen molar-refractivity contribution in [3.05, 3.63) is 23.8 Å². The maximum Gasteiger partial charge on any atom is 0.312 e. The van der Waals surface area contributed by atoms with Gasteiger partial charge in [0.05, 0.1) is 18.8 Å². The molecule has 2 aliphatic rings. The van der Waals surface area contributed by atoms with Crippen molar-refractivity contribution in [1.82, 2.24) is 15.5 Å². The van der Waals surface area contributed by atoms with Crippen molar-refractivity contribution in [2.45, 2.75) is 44.7 Å². The number of hydrogen-bond acceptors (Lipinski definition) is 5. The van der Waals surface area contributed by atoms with E-state index in [0.29, 0.717) is 36.0 Å². The van der Waals surface area contributed by atoms with Gasteiger partial charge in [-0.05, 0) is 50.3 Å². The Labute approximate surface area is 164 Å². The number of carbonyl (C=O) groups is 3. The molecule has 1 saturated heterocycles. The number of nitrogens with two attached hydrogens (primary N) is 1. The minimum Gasteiger partial charge on any atom is -0.495 e. The molecule has 152 valence electrons. The number of rotatable bonds is 5. The first-order chi connectivity index (χ1) is 13.5. The molecule has 1 aliphatic heterocycles. The van der Waals surface area contributed by atoms with Crippen LogP contribution in [0.4, 0.5) is 5.69 Å². The maximum atomic E-state index is 12.7. The summed E-state index contributed by atoms with van der Waals surface area (Å²) in [4.78, 5) is 39.0. The molecule has 0 unspecified atom stereocenters. The first kappa shape index (κ1) is 20.0. The highest BCUT2D eigenvalue weighted by Crippen LogP contribution is 2.41. The van der Waals surface area contributed by atoms with Crippen molar-refractivity contribution in [2.24, 2.45) is 5.92 Å². The third-order valence-corrected chi connectivity index (χ3v) is 5.70. The number of likely N-dealkylation sites (tertiary alicyclic amines) is 1. The van der Waals surface area contributed by atoms with Gasteiger partial charge < -0.3 is 26.0 Å². The smallest absolute Gasteiger partial charge is 0.312 e. The van der Waals surface area contributed by atoms with Gasteiger partial charge >= 0.3 is 11.8 Å². The van der Waals surface area contributed by atoms with Crippen LogP contribution in [0.2, 0.25) is 0 Å². The third-order valence-electron chi connectivity index (χ3n) is 5.70. The summed E-state index contributed by atoms with van der Waals surface area (Å²) >= 11 is 0. The van der Waals surface area contributed by atoms with Crippen LogP contribution in [-0.2, 0) is 9.59 Å². The molecule has 0 radical (unpaired) electrons. The molecular formula is C20H28N4O4. The highest BCUT2D eigenvalue weighted by atomic mass is 16.5. The van der Waals surface area contributed by atoms with Crippen LogP contribution in [0.15, 0.2) is 18.2 Å². The summed E-state index contributed by atoms with van der Waals surface area (Å²) in [6.45, 7) is 2.50. The summed E-state index contributed by atoms with van der Waals surface area (Å²) < 4.78 is 5.11. The number of nitrogen functional groups attached to an aromatic ring is 1. The van der Waals surface area contributed by atoms with E-state index in [1.165, 1.54) is 7.11 Å². The molecule has 3 atom stereocenters. The van der Waals surface area contributed by atoms with Crippen LogP contribution >= 0.6 is 0 Å². The molecular weight excluding hydrogens is 360 g/mol. The SMILES string of the molecule is CCNC(=O)C(=O)N1[C@H](CNC(=O)c2ccc(OC)c(N)c2)C[C@@H]2CCC[C@@H]21. The van der Waals surface area contributed by atoms with Crippen LogP contribution in [-0.4, -0.2) is 54.9 Å². The Morgan fingerprint density at radius 3 is 2.71 bits per heavy atom. The zero-order valence-electron chi connectivity index (χ0n) is 16.4. The zero-order chi connectivity index (χ0) is 20.3. The number of hydrogen-bond donors (Lipinski definition) is 3. The number of likely N-dealkylation sites (N-methyl/N-ethyl adjacent to an activating group) is 1. The summed E-state index contributed by atoms with van der Waals surface area (Å²) in [6.07, 6.45) is 3.85. The van der Waals surface area contributed by atoms with Crippen molar-refractivity contribution >= 4 is 23.4 Å². The number of anilines is 1. The average molecular weight is 388 g/mol. The van der Waals surface area contributed by atoms with Gasteiger partial charge in [-0.25, -0.2) is 0 Å². The number of carbonyl (C=O) groups excluding carboxylic acids is 3. The van der Waals surface area contributed by atoms with E-state index < -0.39 is 11.8 Å². The number of ether oxygens (including phenoxy) is 1. The van der Waals surface area contributed by atoms with Crippen LogP contribution in [0, 0.1) is 5.92 Å². The lowest BCUT2D eigenvalue weighted by molar-refractivity contribution is -0.147. The molecule has 1 heterocycles. The molecule has 4 N–H and O–H groups in total. The number of nitrogens with zero attached hydrogens (tertiary/aromatic N) is 1. The van der Waals surface area contributed by atoms with Gasteiger partial charge in [0.25, 0.3) is 5.91 Å². The summed E-state index contributed by atoms with van der Waals surface area (Å²) in [5.41, 5.74) is 6.69. The molecule has 1 aromatic rings. The van der Waals surface area contributed by atoms with E-state index >= 15 is 0 Å². The third kappa shape index (κ3) is 3.90. The Balaban J connectivity index is 1.68. The average Bonchev–Trinajstić information content (AvgIpc) is 3.26. The quantitative estimate of drug-likeness (QED) is 0.513. The van der Waals surface area contributed by atoms with Crippen LogP contribution in [0.3, 0.4) is 0 Å². The highest BCUT2D eigenvalue weighted by Gasteiger charge is 2.47. The molecule has 8 nitrogen and oxygen atoms in total. The largest absolute Gasteiger partial charge is 0.495 e. The second kappa shape index (κ2) is 8.50. The molecule has 0 aromatic heterocycles. The standard InChI is InChI=1S/C20H28N4O4/c1-3-22-19(26)20(27)24-14(9-12-5-4-6-16(12)24)11-23-18(25)13-7-8-17(28-2)15(21)10-13/h7-8,10,12,14,16H,3-6,9,11,21H2,1-2H3,(H,22,26)(H,23,25)/t12-,14-,16-/m0/s1. The first-order valence-electron chi connectivity index (χ1n) is 9.78. The fraction of sp³-hybridized carbons (Fsp3) is 0.550. The van der Waals surface area contributed by atoms with Gasteiger partial charge in [0.15, 0.2) is 0 Å². The van der Waals surface area contributed by atoms with Crippen molar-refractivity contribution in [3.63, 3.8) is 0 Å². The van der Waals surface area contributed by atoms with Crippen LogP contribution < -0.4 is 21.1 Å². The second-order valence-electron chi connectivity index (χ2n) is 7.39. The minimum atomic E-state index is -0.575. The second-order valence-corrected chi connectivity index (χ2v) is 7.39. The van der Waals surface area contributed by atoms with Gasteiger partial charge in [-0.1, -0.05) is 6.42 Å². The lowest BCUT2D eigenvalue weighted by Gasteiger charge is -2.29. The van der Waals surface area contributed by atoms with Crippen molar-refractivity contribution < 1.29 is 19.1 Å². The normalized spacial score (nSPS) is 23.2. The van der Waals surface area contributed by atoms with Crippen LogP contribution in [0.5, 0.6) is 5.75 Å². The van der Waals surface area contributed by atoms with Gasteiger partial charge in [-0.15, -0.1) is 0 Å². The number of amides is 3. The Bertz CT molecular complexity index is 767. The van der Waals surface area contributed by atoms with Gasteiger partial charge in [-0.2, -0.15) is 0 Å². The Hall–Kier alpha value is -2.77. The predicted octanol–water partition coefficient (Wildman–Crippen LogP) is 0.913. The molecule has 0 spiro atoms. The van der Waals surface area contributed by atoms with E-state index in [1.807, 2.05) is 0 Å². The fourth-order valence-electron chi connectivity index (χ4n) is 4.43. The highest BCUT2D eigenvalue weighted by molar-refractivity contribution is 6.35. The van der Waals surface area contributed by atoms with E-state index in [-0.39, 0.29) is 18.0 Å². The molecule has 3 amide bonds. The molecule has 2 fully saturated rings. The first-order valence-corrected chi connectivity index (χ1v) is 9.78. The monoisotopic (exact) mass is 388 g/mol. The van der Waals surface area contributed by atoms with Gasteiger partial charge in [0, 0.05) is 24.7 Å². The minimum absolute atomic E-state index is 0.0913. The summed E-state index contributed by atoms with van der Waals surface area (Å²) in [7, 11) is 1.52. The van der Waals surface area contributed by atoms with Crippen molar-refractivity contribution in [3.8, 4) is 5.75 Å². The van der Waals surface area contributed by atoms with Gasteiger partial charge in [0.2, 0.25) is 0 Å². The van der Waals surface area contributed by atoms with E-state index in [4.69, 9.17) is 10.5 Å². The fourth-order valence-corrected chi connectivity index (χ4v) is 4.43. The summed E-state index contributed by atoms with van der Waals surface area (Å²) in [5.74, 6) is -0.425. The zero-order valence-corrected chi connectivity index (χ0v) is 16.4. The van der Waals surface area contributed by atoms with E-state index in [9.17, 15) is 14.4 Å². The van der Waals surface area contributed by atoms with Crippen molar-refractivity contribution in [1.29, 1.82) is 0 Å². The molecule has 3 rings (SSSR count). The molecule has 28 heavy (non-hydrogen) atoms. The summed E-state index contributed by atoms with van der Waals surface area (Å²) in [6, 6.07) is 4.77.